The second-order valence-corrected chi connectivity index (χ2v) is 4.79. The van der Waals surface area contributed by atoms with Crippen LogP contribution in [0.25, 0.3) is 0 Å². The van der Waals surface area contributed by atoms with Crippen molar-refractivity contribution in [2.24, 2.45) is 0 Å². The highest BCUT2D eigenvalue weighted by Crippen LogP contribution is 2.44. The maximum atomic E-state index is 5.97. The summed E-state index contributed by atoms with van der Waals surface area (Å²) in [5.41, 5.74) is 2.78. The summed E-state index contributed by atoms with van der Waals surface area (Å²) in [6.07, 6.45) is 1.13. The minimum absolute atomic E-state index is 0.188. The maximum Gasteiger partial charge on any atom is 0.0426 e. The van der Waals surface area contributed by atoms with Crippen LogP contribution < -0.4 is 5.32 Å². The summed E-state index contributed by atoms with van der Waals surface area (Å²) in [5, 5.41) is 4.38. The van der Waals surface area contributed by atoms with Gasteiger partial charge in [0, 0.05) is 22.2 Å². The number of halogens is 1. The Kier molecular flexibility index (Phi) is 2.23. The number of nitrogens with one attached hydrogen (secondary N) is 1. The van der Waals surface area contributed by atoms with Crippen LogP contribution in [-0.4, -0.2) is 5.54 Å². The van der Waals surface area contributed by atoms with E-state index >= 15 is 0 Å². The summed E-state index contributed by atoms with van der Waals surface area (Å²) in [7, 11) is 0. The predicted octanol–water partition coefficient (Wildman–Crippen LogP) is 4.04. The van der Waals surface area contributed by atoms with Crippen LogP contribution in [0.2, 0.25) is 5.02 Å². The van der Waals surface area contributed by atoms with E-state index in [0.717, 1.165) is 11.4 Å². The van der Waals surface area contributed by atoms with Gasteiger partial charge in [-0.25, -0.2) is 0 Å². The zero-order valence-corrected chi connectivity index (χ0v) is 9.65. The van der Waals surface area contributed by atoms with Crippen molar-refractivity contribution in [3.05, 3.63) is 28.8 Å². The lowest BCUT2D eigenvalue weighted by molar-refractivity contribution is 0.443. The average Bonchev–Trinajstić information content (AvgIpc) is 2.40. The number of benzene rings is 1. The Hall–Kier alpha value is -0.690. The molecule has 0 amide bonds. The molecule has 0 aliphatic carbocycles. The third-order valence-corrected chi connectivity index (χ3v) is 3.83. The second-order valence-electron chi connectivity index (χ2n) is 4.35. The van der Waals surface area contributed by atoms with Crippen LogP contribution in [0, 0.1) is 0 Å². The van der Waals surface area contributed by atoms with Gasteiger partial charge >= 0.3 is 0 Å². The Bertz CT molecular complexity index is 361. The molecule has 0 fully saturated rings. The van der Waals surface area contributed by atoms with E-state index in [9.17, 15) is 0 Å². The molecule has 2 rings (SSSR count). The zero-order valence-electron chi connectivity index (χ0n) is 8.89. The lowest BCUT2D eigenvalue weighted by Crippen LogP contribution is -2.33. The van der Waals surface area contributed by atoms with Gasteiger partial charge in [0.2, 0.25) is 0 Å². The summed E-state index contributed by atoms with van der Waals surface area (Å²) in [6, 6.07) is 6.13. The second kappa shape index (κ2) is 3.16. The molecule has 1 aromatic carbocycles. The van der Waals surface area contributed by atoms with Gasteiger partial charge in [-0.2, -0.15) is 0 Å². The number of hydrogen-bond acceptors (Lipinski definition) is 1. The Labute approximate surface area is 90.5 Å². The summed E-state index contributed by atoms with van der Waals surface area (Å²) in [4.78, 5) is 0. The van der Waals surface area contributed by atoms with Crippen molar-refractivity contribution >= 4 is 17.3 Å². The number of anilines is 1. The molecule has 76 valence electrons. The number of hydrogen-bond donors (Lipinski definition) is 1. The molecule has 1 aliphatic rings. The largest absolute Gasteiger partial charge is 0.379 e. The zero-order chi connectivity index (χ0) is 10.3. The van der Waals surface area contributed by atoms with Crippen LogP contribution in [0.1, 0.15) is 38.7 Å². The molecule has 1 aliphatic heterocycles. The van der Waals surface area contributed by atoms with Crippen molar-refractivity contribution in [2.45, 2.75) is 38.6 Å². The van der Waals surface area contributed by atoms with E-state index in [0.29, 0.717) is 5.92 Å². The molecule has 0 saturated heterocycles. The van der Waals surface area contributed by atoms with Gasteiger partial charge in [-0.1, -0.05) is 31.5 Å². The average molecular weight is 210 g/mol. The van der Waals surface area contributed by atoms with Crippen molar-refractivity contribution < 1.29 is 0 Å². The Morgan fingerprint density at radius 3 is 2.86 bits per heavy atom. The van der Waals surface area contributed by atoms with Gasteiger partial charge in [0.25, 0.3) is 0 Å². The van der Waals surface area contributed by atoms with Gasteiger partial charge in [-0.3, -0.25) is 0 Å². The number of rotatable bonds is 1. The van der Waals surface area contributed by atoms with Crippen LogP contribution in [0.5, 0.6) is 0 Å². The highest BCUT2D eigenvalue weighted by atomic mass is 35.5. The van der Waals surface area contributed by atoms with E-state index < -0.39 is 0 Å². The lowest BCUT2D eigenvalue weighted by Gasteiger charge is -2.28. The molecule has 1 heterocycles. The van der Waals surface area contributed by atoms with E-state index in [2.05, 4.69) is 32.2 Å². The minimum atomic E-state index is 0.188. The molecule has 0 spiro atoms. The van der Waals surface area contributed by atoms with E-state index in [1.165, 1.54) is 11.3 Å². The quantitative estimate of drug-likeness (QED) is 0.736. The standard InChI is InChI=1S/C12H16ClN/c1-4-12(3)8(2)10-6-5-9(13)7-11(10)14-12/h5-8,14H,4H2,1-3H3. The van der Waals surface area contributed by atoms with Gasteiger partial charge in [-0.05, 0) is 31.0 Å². The SMILES string of the molecule is CCC1(C)Nc2cc(Cl)ccc2C1C. The molecule has 14 heavy (non-hydrogen) atoms. The van der Waals surface area contributed by atoms with Crippen molar-refractivity contribution in [1.29, 1.82) is 0 Å². The predicted molar refractivity (Wildman–Crippen MR) is 62.2 cm³/mol. The van der Waals surface area contributed by atoms with E-state index in [1.807, 2.05) is 12.1 Å². The van der Waals surface area contributed by atoms with Crippen molar-refractivity contribution in [3.63, 3.8) is 0 Å². The molecule has 1 nitrogen and oxygen atoms in total. The van der Waals surface area contributed by atoms with Crippen LogP contribution in [0.15, 0.2) is 18.2 Å². The highest BCUT2D eigenvalue weighted by molar-refractivity contribution is 6.30. The molecule has 0 radical (unpaired) electrons. The first-order valence-corrected chi connectivity index (χ1v) is 5.52. The number of fused-ring (bicyclic) bond motifs is 1. The molecule has 2 atom stereocenters. The molecule has 0 saturated carbocycles. The fraction of sp³-hybridized carbons (Fsp3) is 0.500. The first-order chi connectivity index (χ1) is 6.57. The fourth-order valence-corrected chi connectivity index (χ4v) is 2.34. The first kappa shape index (κ1) is 9.85. The molecule has 2 unspecified atom stereocenters. The first-order valence-electron chi connectivity index (χ1n) is 5.14. The van der Waals surface area contributed by atoms with Crippen molar-refractivity contribution in [1.82, 2.24) is 0 Å². The van der Waals surface area contributed by atoms with Crippen LogP contribution in [0.4, 0.5) is 5.69 Å². The van der Waals surface area contributed by atoms with Gasteiger partial charge in [-0.15, -0.1) is 0 Å². The molecule has 1 N–H and O–H groups in total. The smallest absolute Gasteiger partial charge is 0.0426 e. The minimum Gasteiger partial charge on any atom is -0.379 e. The van der Waals surface area contributed by atoms with E-state index in [-0.39, 0.29) is 5.54 Å². The van der Waals surface area contributed by atoms with Crippen LogP contribution in [0.3, 0.4) is 0 Å². The Balaban J connectivity index is 2.45. The van der Waals surface area contributed by atoms with Crippen molar-refractivity contribution in [3.8, 4) is 0 Å². The van der Waals surface area contributed by atoms with Crippen LogP contribution >= 0.6 is 11.6 Å². The van der Waals surface area contributed by atoms with E-state index in [4.69, 9.17) is 11.6 Å². The maximum absolute atomic E-state index is 5.97. The Morgan fingerprint density at radius 2 is 2.21 bits per heavy atom. The van der Waals surface area contributed by atoms with Gasteiger partial charge in [0.15, 0.2) is 0 Å². The third-order valence-electron chi connectivity index (χ3n) is 3.59. The van der Waals surface area contributed by atoms with Gasteiger partial charge in [0.05, 0.1) is 0 Å². The van der Waals surface area contributed by atoms with Crippen molar-refractivity contribution in [2.75, 3.05) is 5.32 Å². The molecule has 1 aromatic rings. The normalized spacial score (nSPS) is 29.9. The van der Waals surface area contributed by atoms with Gasteiger partial charge < -0.3 is 5.32 Å². The topological polar surface area (TPSA) is 12.0 Å². The van der Waals surface area contributed by atoms with E-state index in [1.54, 1.807) is 0 Å². The summed E-state index contributed by atoms with van der Waals surface area (Å²) in [5.74, 6) is 0.555. The highest BCUT2D eigenvalue weighted by Gasteiger charge is 2.37. The monoisotopic (exact) mass is 209 g/mol. The molecule has 0 bridgehead atoms. The van der Waals surface area contributed by atoms with Crippen LogP contribution in [-0.2, 0) is 0 Å². The molecular weight excluding hydrogens is 194 g/mol. The van der Waals surface area contributed by atoms with Gasteiger partial charge in [0.1, 0.15) is 0 Å². The fourth-order valence-electron chi connectivity index (χ4n) is 2.17. The molecular formula is C12H16ClN. The summed E-state index contributed by atoms with van der Waals surface area (Å²) >= 11 is 5.97. The summed E-state index contributed by atoms with van der Waals surface area (Å²) in [6.45, 7) is 6.76. The Morgan fingerprint density at radius 1 is 1.50 bits per heavy atom. The third kappa shape index (κ3) is 1.31. The lowest BCUT2D eigenvalue weighted by atomic mass is 9.84. The molecule has 0 aromatic heterocycles. The molecule has 2 heteroatoms. The summed E-state index contributed by atoms with van der Waals surface area (Å²) < 4.78 is 0.